The van der Waals surface area contributed by atoms with Crippen LogP contribution in [-0.2, 0) is 19.8 Å². The molecule has 71 heavy (non-hydrogen) atoms. The molecule has 0 bridgehead atoms. The summed E-state index contributed by atoms with van der Waals surface area (Å²) in [5.41, 5.74) is 27.1. The van der Waals surface area contributed by atoms with Crippen molar-refractivity contribution in [3.63, 3.8) is 0 Å². The molecule has 3 amide bonds. The van der Waals surface area contributed by atoms with Gasteiger partial charge in [0.1, 0.15) is 13.2 Å². The summed E-state index contributed by atoms with van der Waals surface area (Å²) in [5, 5.41) is 10.2. The van der Waals surface area contributed by atoms with Gasteiger partial charge in [-0.3, -0.25) is 24.5 Å². The molecule has 4 aliphatic heterocycles. The Morgan fingerprint density at radius 1 is 0.732 bits per heavy atom. The summed E-state index contributed by atoms with van der Waals surface area (Å²) in [7, 11) is 3.03. The van der Waals surface area contributed by atoms with Gasteiger partial charge >= 0.3 is 6.09 Å². The maximum atomic E-state index is 13.6. The quantitative estimate of drug-likeness (QED) is 0.0788. The van der Waals surface area contributed by atoms with Gasteiger partial charge < -0.3 is 51.1 Å². The summed E-state index contributed by atoms with van der Waals surface area (Å²) >= 11 is 0. The number of nitrogens with two attached hydrogens (primary N) is 3. The van der Waals surface area contributed by atoms with Gasteiger partial charge in [0, 0.05) is 67.2 Å². The van der Waals surface area contributed by atoms with E-state index in [0.717, 1.165) is 33.4 Å². The molecule has 16 nitrogen and oxygen atoms in total. The van der Waals surface area contributed by atoms with Gasteiger partial charge in [0.15, 0.2) is 23.0 Å². The molecule has 0 aliphatic carbocycles. The van der Waals surface area contributed by atoms with Crippen molar-refractivity contribution < 1.29 is 38.4 Å². The number of methoxy groups -OCH3 is 2. The van der Waals surface area contributed by atoms with E-state index in [9.17, 15) is 19.5 Å². The number of carbonyl (C=O) groups is 3. The smallest absolute Gasteiger partial charge is 0.408 e. The van der Waals surface area contributed by atoms with Gasteiger partial charge in [-0.15, -0.1) is 0 Å². The Morgan fingerprint density at radius 3 is 1.70 bits per heavy atom. The van der Waals surface area contributed by atoms with E-state index in [1.165, 1.54) is 19.1 Å². The Bertz CT molecular complexity index is 2760. The van der Waals surface area contributed by atoms with Gasteiger partial charge in [0.2, 0.25) is 0 Å². The number of fused-ring (bicyclic) bond motifs is 4. The monoisotopic (exact) mass is 962 g/mol. The van der Waals surface area contributed by atoms with E-state index in [-0.39, 0.29) is 80.2 Å². The van der Waals surface area contributed by atoms with Crippen molar-refractivity contribution >= 4 is 41.7 Å². The minimum atomic E-state index is -1.13. The van der Waals surface area contributed by atoms with Crippen LogP contribution >= 0.6 is 0 Å². The zero-order valence-corrected chi connectivity index (χ0v) is 41.2. The number of benzene rings is 4. The largest absolute Gasteiger partial charge is 0.493 e. The van der Waals surface area contributed by atoms with Crippen molar-refractivity contribution in [3.05, 3.63) is 129 Å². The standard InChI is InChI=1S/C55H62N8O8/c1-31(2)50(56)52(58)34(5)51(57)39-12-10-35(11-13-39)28-61(55(66)67)14-8-9-36-17-37(29-70-48-22-44-42(20-46(48)68-6)53(64)62-26-32(3)15-40(62)24-59-44)19-38(18-36)30-71-49-23-45-43(21-47(49)69-7)54(65)63-27-33(4)16-41(63)25-60-45/h10-13,17-27,31,34,40-41,50-52H,14-16,28-30,56-58H2,1-7H3,(H,66,67)/t34-,40-,41-,50-,51?,52?/m0/s1. The minimum absolute atomic E-state index is 0.0622. The summed E-state index contributed by atoms with van der Waals surface area (Å²) in [6, 6.07) is 18.7. The second-order valence-corrected chi connectivity index (χ2v) is 19.1. The van der Waals surface area contributed by atoms with Crippen molar-refractivity contribution in [2.75, 3.05) is 20.8 Å². The first-order chi connectivity index (χ1) is 34.0. The number of rotatable bonds is 16. The van der Waals surface area contributed by atoms with Crippen molar-refractivity contribution in [1.29, 1.82) is 0 Å². The molecule has 4 aromatic carbocycles. The zero-order valence-electron chi connectivity index (χ0n) is 41.2. The number of carboxylic acid groups (broad SMARTS) is 1. The first-order valence-corrected chi connectivity index (χ1v) is 23.7. The van der Waals surface area contributed by atoms with Gasteiger partial charge in [0.05, 0.1) is 55.3 Å². The third kappa shape index (κ3) is 11.0. The van der Waals surface area contributed by atoms with Gasteiger partial charge in [-0.1, -0.05) is 68.0 Å². The van der Waals surface area contributed by atoms with Crippen molar-refractivity contribution in [1.82, 2.24) is 14.7 Å². The van der Waals surface area contributed by atoms with Gasteiger partial charge in [-0.25, -0.2) is 4.79 Å². The van der Waals surface area contributed by atoms with Crippen LogP contribution in [0.15, 0.2) is 100 Å². The lowest BCUT2D eigenvalue weighted by molar-refractivity contribution is 0.0809. The molecular weight excluding hydrogens is 901 g/mol. The summed E-state index contributed by atoms with van der Waals surface area (Å²) in [6.07, 6.45) is 7.59. The normalized spacial score (nSPS) is 18.4. The fourth-order valence-corrected chi connectivity index (χ4v) is 9.26. The Labute approximate surface area is 414 Å². The number of hydrogen-bond donors (Lipinski definition) is 4. The van der Waals surface area contributed by atoms with Crippen molar-refractivity contribution in [3.8, 4) is 34.8 Å². The lowest BCUT2D eigenvalue weighted by Gasteiger charge is -2.32. The van der Waals surface area contributed by atoms with E-state index in [2.05, 4.69) is 21.8 Å². The maximum absolute atomic E-state index is 13.6. The van der Waals surface area contributed by atoms with Crippen LogP contribution in [0.4, 0.5) is 16.2 Å². The van der Waals surface area contributed by atoms with E-state index < -0.39 is 6.09 Å². The summed E-state index contributed by atoms with van der Waals surface area (Å²) in [4.78, 5) is 53.8. The van der Waals surface area contributed by atoms with E-state index >= 15 is 0 Å². The molecule has 6 atom stereocenters. The highest BCUT2D eigenvalue weighted by atomic mass is 16.5. The van der Waals surface area contributed by atoms with Gasteiger partial charge in [-0.2, -0.15) is 0 Å². The van der Waals surface area contributed by atoms with Crippen LogP contribution in [0, 0.1) is 23.7 Å². The number of carbonyl (C=O) groups excluding carboxylic acids is 2. The van der Waals surface area contributed by atoms with Crippen LogP contribution in [0.25, 0.3) is 0 Å². The molecule has 370 valence electrons. The average molecular weight is 963 g/mol. The highest BCUT2D eigenvalue weighted by molar-refractivity contribution is 6.05. The third-order valence-electron chi connectivity index (χ3n) is 13.5. The topological polar surface area (TPSA) is 221 Å². The van der Waals surface area contributed by atoms with Crippen LogP contribution < -0.4 is 36.1 Å². The van der Waals surface area contributed by atoms with E-state index in [1.54, 1.807) is 46.5 Å². The number of nitrogens with zero attached hydrogens (tertiary/aromatic N) is 5. The Hall–Kier alpha value is -7.45. The molecule has 4 aromatic rings. The van der Waals surface area contributed by atoms with Crippen LogP contribution in [-0.4, -0.2) is 95.1 Å². The molecule has 4 aliphatic rings. The van der Waals surface area contributed by atoms with Crippen LogP contribution in [0.2, 0.25) is 0 Å². The third-order valence-corrected chi connectivity index (χ3v) is 13.5. The molecule has 16 heteroatoms. The van der Waals surface area contributed by atoms with Crippen molar-refractivity contribution in [2.45, 2.75) is 97.4 Å². The predicted molar refractivity (Wildman–Crippen MR) is 273 cm³/mol. The maximum Gasteiger partial charge on any atom is 0.408 e. The van der Waals surface area contributed by atoms with Gasteiger partial charge in [-0.05, 0) is 91.1 Å². The van der Waals surface area contributed by atoms with Gasteiger partial charge in [0.25, 0.3) is 11.8 Å². The Balaban J connectivity index is 1.03. The molecule has 0 spiro atoms. The molecule has 4 heterocycles. The Morgan fingerprint density at radius 2 is 1.24 bits per heavy atom. The zero-order chi connectivity index (χ0) is 50.7. The first-order valence-electron chi connectivity index (χ1n) is 23.7. The average Bonchev–Trinajstić information content (AvgIpc) is 3.87. The minimum Gasteiger partial charge on any atom is -0.493 e. The molecule has 0 saturated carbocycles. The molecule has 2 unspecified atom stereocenters. The molecule has 0 saturated heterocycles. The number of ether oxygens (including phenoxy) is 4. The van der Waals surface area contributed by atoms with Crippen LogP contribution in [0.5, 0.6) is 23.0 Å². The molecule has 0 fully saturated rings. The summed E-state index contributed by atoms with van der Waals surface area (Å²) < 4.78 is 24.2. The molecule has 8 rings (SSSR count). The van der Waals surface area contributed by atoms with Crippen LogP contribution in [0.1, 0.15) is 102 Å². The summed E-state index contributed by atoms with van der Waals surface area (Å²) in [5.74, 6) is 7.51. The van der Waals surface area contributed by atoms with E-state index in [0.29, 0.717) is 63.9 Å². The molecule has 7 N–H and O–H groups in total. The highest BCUT2D eigenvalue weighted by Crippen LogP contribution is 2.41. The number of aliphatic imine (C=N–C) groups is 2. The van der Waals surface area contributed by atoms with E-state index in [1.807, 2.05) is 89.5 Å². The molecule has 0 aromatic heterocycles. The van der Waals surface area contributed by atoms with Crippen molar-refractivity contribution in [2.24, 2.45) is 39.0 Å². The fraction of sp³-hybridized carbons (Fsp3) is 0.364. The SMILES string of the molecule is COc1cc2c(cc1OCc1cc(C#CCN(Cc3ccc(C(N)[C@H](C)C(N)[C@@H](N)C(C)C)cc3)C(=O)O)cc(COc3cc4c(cc3OC)C(=O)N3C=C(C)C[C@H]3C=N4)c1)N=C[C@@H]1CC(C)=CN1C2=O. The highest BCUT2D eigenvalue weighted by Gasteiger charge is 2.34. The lowest BCUT2D eigenvalue weighted by Crippen LogP contribution is -2.51. The number of amides is 3. The molecular formula is C55H62N8O8. The predicted octanol–water partition coefficient (Wildman–Crippen LogP) is 8.01. The summed E-state index contributed by atoms with van der Waals surface area (Å²) in [6.45, 7) is 10.2. The molecule has 0 radical (unpaired) electrons. The number of hydrogen-bond acceptors (Lipinski definition) is 12. The van der Waals surface area contributed by atoms with Crippen LogP contribution in [0.3, 0.4) is 0 Å². The Kier molecular flexibility index (Phi) is 15.0. The second kappa shape index (κ2) is 21.3. The first kappa shape index (κ1) is 50.0. The lowest BCUT2D eigenvalue weighted by atomic mass is 9.83. The second-order valence-electron chi connectivity index (χ2n) is 19.1. The van der Waals surface area contributed by atoms with E-state index in [4.69, 9.17) is 36.1 Å². The fourth-order valence-electron chi connectivity index (χ4n) is 9.26.